The van der Waals surface area contributed by atoms with Crippen molar-refractivity contribution in [3.63, 3.8) is 0 Å². The van der Waals surface area contributed by atoms with Crippen LogP contribution >= 0.6 is 0 Å². The highest BCUT2D eigenvalue weighted by atomic mass is 32.2. The van der Waals surface area contributed by atoms with E-state index in [9.17, 15) is 18.0 Å². The number of aromatic nitrogens is 1. The average molecular weight is 431 g/mol. The second-order valence-electron chi connectivity index (χ2n) is 7.60. The number of piperidine rings is 1. The number of amides is 2. The highest BCUT2D eigenvalue weighted by Crippen LogP contribution is 2.17. The number of nitrogens with one attached hydrogen (secondary N) is 2. The van der Waals surface area contributed by atoms with E-state index < -0.39 is 15.9 Å². The number of hydrogen-bond acceptors (Lipinski definition) is 6. The highest BCUT2D eigenvalue weighted by molar-refractivity contribution is 7.90. The smallest absolute Gasteiger partial charge is 0.281 e. The van der Waals surface area contributed by atoms with Gasteiger partial charge in [0.2, 0.25) is 5.91 Å². The molecule has 1 aliphatic heterocycles. The van der Waals surface area contributed by atoms with Gasteiger partial charge >= 0.3 is 0 Å². The SMILES string of the molecule is Cc1ccc(CNC(=O)c2ccc(S(=O)(=O)NC(=O)C3CCN(C)CC3)nc2)cc1. The summed E-state index contributed by atoms with van der Waals surface area (Å²) in [5.74, 6) is -1.20. The number of pyridine rings is 1. The standard InChI is InChI=1S/C21H26N4O4S/c1-15-3-5-16(6-4-15)13-23-20(26)18-7-8-19(22-14-18)30(28,29)24-21(27)17-9-11-25(2)12-10-17/h3-8,14,17H,9-13H2,1-2H3,(H,23,26)(H,24,27). The molecule has 2 N–H and O–H groups in total. The molecule has 1 aliphatic rings. The molecule has 3 rings (SSSR count). The molecule has 1 saturated heterocycles. The zero-order chi connectivity index (χ0) is 21.7. The maximum atomic E-state index is 12.5. The molecule has 0 aliphatic carbocycles. The molecule has 0 atom stereocenters. The predicted octanol–water partition coefficient (Wildman–Crippen LogP) is 1.47. The van der Waals surface area contributed by atoms with Crippen LogP contribution in [0.15, 0.2) is 47.6 Å². The van der Waals surface area contributed by atoms with E-state index in [0.29, 0.717) is 19.4 Å². The van der Waals surface area contributed by atoms with Gasteiger partial charge in [0.15, 0.2) is 5.03 Å². The first-order valence-corrected chi connectivity index (χ1v) is 11.3. The largest absolute Gasteiger partial charge is 0.348 e. The van der Waals surface area contributed by atoms with Gasteiger partial charge in [-0.25, -0.2) is 9.71 Å². The Morgan fingerprint density at radius 3 is 2.37 bits per heavy atom. The Bertz CT molecular complexity index is 996. The summed E-state index contributed by atoms with van der Waals surface area (Å²) in [6.45, 7) is 3.84. The van der Waals surface area contributed by atoms with Crippen LogP contribution in [0.1, 0.15) is 34.3 Å². The fraction of sp³-hybridized carbons (Fsp3) is 0.381. The molecule has 0 unspecified atom stereocenters. The Balaban J connectivity index is 1.58. The number of hydrogen-bond donors (Lipinski definition) is 2. The van der Waals surface area contributed by atoms with Crippen LogP contribution < -0.4 is 10.0 Å². The molecule has 9 heteroatoms. The summed E-state index contributed by atoms with van der Waals surface area (Å²) in [4.78, 5) is 30.6. The third-order valence-electron chi connectivity index (χ3n) is 5.17. The van der Waals surface area contributed by atoms with Crippen LogP contribution in [-0.2, 0) is 21.4 Å². The van der Waals surface area contributed by atoms with E-state index in [4.69, 9.17) is 0 Å². The van der Waals surface area contributed by atoms with Crippen molar-refractivity contribution in [3.05, 3.63) is 59.3 Å². The van der Waals surface area contributed by atoms with Crippen molar-refractivity contribution in [1.82, 2.24) is 19.9 Å². The third-order valence-corrected chi connectivity index (χ3v) is 6.43. The lowest BCUT2D eigenvalue weighted by Crippen LogP contribution is -2.41. The van der Waals surface area contributed by atoms with Crippen molar-refractivity contribution in [2.75, 3.05) is 20.1 Å². The summed E-state index contributed by atoms with van der Waals surface area (Å²) < 4.78 is 27.0. The summed E-state index contributed by atoms with van der Waals surface area (Å²) >= 11 is 0. The molecular formula is C21H26N4O4S. The van der Waals surface area contributed by atoms with Gasteiger partial charge < -0.3 is 10.2 Å². The van der Waals surface area contributed by atoms with E-state index in [1.807, 2.05) is 38.2 Å². The van der Waals surface area contributed by atoms with E-state index in [2.05, 4.69) is 19.9 Å². The number of carbonyl (C=O) groups excluding carboxylic acids is 2. The molecule has 0 saturated carbocycles. The van der Waals surface area contributed by atoms with Crippen LogP contribution in [0.3, 0.4) is 0 Å². The Kier molecular flexibility index (Phi) is 6.84. The summed E-state index contributed by atoms with van der Waals surface area (Å²) in [7, 11) is -2.11. The molecule has 1 fully saturated rings. The number of nitrogens with zero attached hydrogens (tertiary/aromatic N) is 2. The van der Waals surface area contributed by atoms with E-state index in [-0.39, 0.29) is 22.4 Å². The molecular weight excluding hydrogens is 404 g/mol. The van der Waals surface area contributed by atoms with Crippen LogP contribution in [0.25, 0.3) is 0 Å². The molecule has 1 aromatic carbocycles. The van der Waals surface area contributed by atoms with Crippen LogP contribution in [0.2, 0.25) is 0 Å². The minimum Gasteiger partial charge on any atom is -0.348 e. The van der Waals surface area contributed by atoms with Crippen LogP contribution in [0.4, 0.5) is 0 Å². The quantitative estimate of drug-likeness (QED) is 0.718. The number of aryl methyl sites for hydroxylation is 1. The molecule has 2 heterocycles. The topological polar surface area (TPSA) is 108 Å². The van der Waals surface area contributed by atoms with Gasteiger partial charge in [-0.05, 0) is 57.6 Å². The van der Waals surface area contributed by atoms with Gasteiger partial charge in [0.25, 0.3) is 15.9 Å². The summed E-state index contributed by atoms with van der Waals surface area (Å²) in [6.07, 6.45) is 2.43. The van der Waals surface area contributed by atoms with Crippen molar-refractivity contribution in [2.24, 2.45) is 5.92 Å². The Morgan fingerprint density at radius 2 is 1.77 bits per heavy atom. The molecule has 0 spiro atoms. The van der Waals surface area contributed by atoms with Crippen LogP contribution in [-0.4, -0.2) is 50.3 Å². The molecule has 1 aromatic heterocycles. The second-order valence-corrected chi connectivity index (χ2v) is 9.23. The predicted molar refractivity (Wildman–Crippen MR) is 112 cm³/mol. The van der Waals surface area contributed by atoms with Crippen molar-refractivity contribution in [2.45, 2.75) is 31.3 Å². The zero-order valence-electron chi connectivity index (χ0n) is 17.1. The number of carbonyl (C=O) groups is 2. The molecule has 160 valence electrons. The molecule has 30 heavy (non-hydrogen) atoms. The Hall–Kier alpha value is -2.78. The minimum atomic E-state index is -4.08. The van der Waals surface area contributed by atoms with E-state index >= 15 is 0 Å². The Labute approximate surface area is 176 Å². The fourth-order valence-corrected chi connectivity index (χ4v) is 4.18. The molecule has 2 amide bonds. The van der Waals surface area contributed by atoms with Crippen molar-refractivity contribution in [1.29, 1.82) is 0 Å². The number of sulfonamides is 1. The van der Waals surface area contributed by atoms with Crippen molar-refractivity contribution in [3.8, 4) is 0 Å². The fourth-order valence-electron chi connectivity index (χ4n) is 3.20. The molecule has 0 radical (unpaired) electrons. The average Bonchev–Trinajstić information content (AvgIpc) is 2.73. The van der Waals surface area contributed by atoms with E-state index in [1.165, 1.54) is 18.3 Å². The van der Waals surface area contributed by atoms with Gasteiger partial charge in [0, 0.05) is 18.7 Å². The first kappa shape index (κ1) is 21.9. The second kappa shape index (κ2) is 9.36. The van der Waals surface area contributed by atoms with Crippen LogP contribution in [0.5, 0.6) is 0 Å². The first-order chi connectivity index (χ1) is 14.2. The summed E-state index contributed by atoms with van der Waals surface area (Å²) in [6, 6.07) is 10.4. The van der Waals surface area contributed by atoms with Gasteiger partial charge in [-0.2, -0.15) is 8.42 Å². The van der Waals surface area contributed by atoms with Gasteiger partial charge in [-0.3, -0.25) is 9.59 Å². The summed E-state index contributed by atoms with van der Waals surface area (Å²) in [5, 5.41) is 2.48. The van der Waals surface area contributed by atoms with E-state index in [1.54, 1.807) is 0 Å². The minimum absolute atomic E-state index is 0.239. The lowest BCUT2D eigenvalue weighted by molar-refractivity contribution is -0.124. The monoisotopic (exact) mass is 430 g/mol. The maximum absolute atomic E-state index is 12.5. The van der Waals surface area contributed by atoms with Gasteiger partial charge in [-0.1, -0.05) is 29.8 Å². The lowest BCUT2D eigenvalue weighted by Gasteiger charge is -2.27. The number of likely N-dealkylation sites (tertiary alicyclic amines) is 1. The molecule has 8 nitrogen and oxygen atoms in total. The van der Waals surface area contributed by atoms with Gasteiger partial charge in [0.05, 0.1) is 5.56 Å². The van der Waals surface area contributed by atoms with Gasteiger partial charge in [0.1, 0.15) is 0 Å². The normalized spacial score (nSPS) is 15.5. The number of rotatable bonds is 6. The summed E-state index contributed by atoms with van der Waals surface area (Å²) in [5.41, 5.74) is 2.33. The van der Waals surface area contributed by atoms with Gasteiger partial charge in [-0.15, -0.1) is 0 Å². The maximum Gasteiger partial charge on any atom is 0.281 e. The Morgan fingerprint density at radius 1 is 1.10 bits per heavy atom. The third kappa shape index (κ3) is 5.64. The zero-order valence-corrected chi connectivity index (χ0v) is 17.9. The number of benzene rings is 1. The lowest BCUT2D eigenvalue weighted by atomic mass is 9.97. The van der Waals surface area contributed by atoms with Crippen molar-refractivity contribution < 1.29 is 18.0 Å². The van der Waals surface area contributed by atoms with Crippen LogP contribution in [0, 0.1) is 12.8 Å². The molecule has 0 bridgehead atoms. The van der Waals surface area contributed by atoms with Crippen molar-refractivity contribution >= 4 is 21.8 Å². The van der Waals surface area contributed by atoms with E-state index in [0.717, 1.165) is 24.2 Å². The highest BCUT2D eigenvalue weighted by Gasteiger charge is 2.28. The molecule has 2 aromatic rings. The first-order valence-electron chi connectivity index (χ1n) is 9.79.